The molecule has 0 aromatic heterocycles. The molecule has 0 aliphatic heterocycles. The molecule has 0 aliphatic carbocycles. The molecule has 4 heteroatoms. The molecule has 0 amide bonds. The van der Waals surface area contributed by atoms with Crippen LogP contribution in [0.2, 0.25) is 0 Å². The first-order valence-electron chi connectivity index (χ1n) is 3.77. The van der Waals surface area contributed by atoms with Crippen LogP contribution in [-0.2, 0) is 0 Å². The maximum Gasteiger partial charge on any atom is 0.166 e. The summed E-state index contributed by atoms with van der Waals surface area (Å²) in [4.78, 5) is 11.4. The average molecular weight is 402 g/mol. The largest absolute Gasteiger partial charge is 0.506 e. The molecule has 0 unspecified atom stereocenters. The number of benzene rings is 1. The van der Waals surface area contributed by atoms with Crippen LogP contribution in [0, 0.1) is 7.14 Å². The molecule has 1 aromatic rings. The van der Waals surface area contributed by atoms with Gasteiger partial charge < -0.3 is 5.11 Å². The van der Waals surface area contributed by atoms with Gasteiger partial charge in [0.2, 0.25) is 0 Å². The van der Waals surface area contributed by atoms with Crippen molar-refractivity contribution in [3.8, 4) is 5.75 Å². The topological polar surface area (TPSA) is 37.3 Å². The van der Waals surface area contributed by atoms with Crippen molar-refractivity contribution in [2.45, 2.75) is 13.3 Å². The molecule has 0 fully saturated rings. The average Bonchev–Trinajstić information content (AvgIpc) is 2.10. The van der Waals surface area contributed by atoms with Crippen LogP contribution in [0.5, 0.6) is 5.75 Å². The fraction of sp³-hybridized carbons (Fsp3) is 0.222. The minimum atomic E-state index is -0.0195. The number of halogens is 2. The van der Waals surface area contributed by atoms with Crippen molar-refractivity contribution in [3.63, 3.8) is 0 Å². The van der Waals surface area contributed by atoms with Crippen molar-refractivity contribution >= 4 is 51.0 Å². The standard InChI is InChI=1S/C9H8I2O2/c1-2-8(12)6-3-5(10)4-7(11)9(6)13/h3-4,13H,2H2,1H3. The van der Waals surface area contributed by atoms with E-state index in [0.29, 0.717) is 12.0 Å². The Kier molecular flexibility index (Phi) is 3.96. The predicted molar refractivity (Wildman–Crippen MR) is 68.2 cm³/mol. The molecule has 0 heterocycles. The molecule has 0 saturated heterocycles. The number of carbonyl (C=O) groups excluding carboxylic acids is 1. The third kappa shape index (κ3) is 2.55. The van der Waals surface area contributed by atoms with E-state index in [1.54, 1.807) is 13.0 Å². The monoisotopic (exact) mass is 402 g/mol. The highest BCUT2D eigenvalue weighted by Gasteiger charge is 2.12. The number of Topliss-reactive ketones (excluding diaryl/α,β-unsaturated/α-hetero) is 1. The number of aromatic hydroxyl groups is 1. The second kappa shape index (κ2) is 4.59. The van der Waals surface area contributed by atoms with E-state index in [-0.39, 0.29) is 11.5 Å². The van der Waals surface area contributed by atoms with E-state index in [9.17, 15) is 9.90 Å². The van der Waals surface area contributed by atoms with E-state index in [2.05, 4.69) is 22.6 Å². The quantitative estimate of drug-likeness (QED) is 0.610. The molecule has 1 rings (SSSR count). The van der Waals surface area contributed by atoms with Crippen LogP contribution in [0.25, 0.3) is 0 Å². The Morgan fingerprint density at radius 1 is 1.46 bits per heavy atom. The molecule has 1 N–H and O–H groups in total. The molecule has 13 heavy (non-hydrogen) atoms. The summed E-state index contributed by atoms with van der Waals surface area (Å²) in [7, 11) is 0. The second-order valence-corrected chi connectivity index (χ2v) is 4.97. The van der Waals surface area contributed by atoms with Gasteiger partial charge in [-0.05, 0) is 57.3 Å². The van der Waals surface area contributed by atoms with Gasteiger partial charge in [-0.2, -0.15) is 0 Å². The highest BCUT2D eigenvalue weighted by atomic mass is 127. The van der Waals surface area contributed by atoms with Gasteiger partial charge in [-0.3, -0.25) is 4.79 Å². The summed E-state index contributed by atoms with van der Waals surface area (Å²) in [5.74, 6) is 0.0850. The van der Waals surface area contributed by atoms with E-state index < -0.39 is 0 Å². The Morgan fingerprint density at radius 2 is 2.08 bits per heavy atom. The van der Waals surface area contributed by atoms with Crippen molar-refractivity contribution in [2.75, 3.05) is 0 Å². The Bertz CT molecular complexity index is 348. The molecule has 0 radical (unpaired) electrons. The van der Waals surface area contributed by atoms with Crippen LogP contribution in [-0.4, -0.2) is 10.9 Å². The van der Waals surface area contributed by atoms with Crippen molar-refractivity contribution in [1.29, 1.82) is 0 Å². The number of rotatable bonds is 2. The number of ketones is 1. The summed E-state index contributed by atoms with van der Waals surface area (Å²) in [6, 6.07) is 3.55. The molecule has 1 aromatic carbocycles. The summed E-state index contributed by atoms with van der Waals surface area (Å²) >= 11 is 4.15. The maximum absolute atomic E-state index is 11.4. The summed E-state index contributed by atoms with van der Waals surface area (Å²) in [6.07, 6.45) is 0.420. The van der Waals surface area contributed by atoms with Gasteiger partial charge in [0.25, 0.3) is 0 Å². The van der Waals surface area contributed by atoms with Gasteiger partial charge in [-0.1, -0.05) is 6.92 Å². The maximum atomic E-state index is 11.4. The van der Waals surface area contributed by atoms with Crippen LogP contribution in [0.4, 0.5) is 0 Å². The van der Waals surface area contributed by atoms with Crippen LogP contribution >= 0.6 is 45.2 Å². The van der Waals surface area contributed by atoms with Gasteiger partial charge >= 0.3 is 0 Å². The molecule has 0 spiro atoms. The first-order chi connectivity index (χ1) is 6.06. The molecule has 0 bridgehead atoms. The fourth-order valence-corrected chi connectivity index (χ4v) is 2.81. The summed E-state index contributed by atoms with van der Waals surface area (Å²) in [5.41, 5.74) is 0.429. The van der Waals surface area contributed by atoms with E-state index in [0.717, 1.165) is 7.14 Å². The Morgan fingerprint density at radius 3 is 2.62 bits per heavy atom. The van der Waals surface area contributed by atoms with Crippen molar-refractivity contribution < 1.29 is 9.90 Å². The summed E-state index contributed by atoms with van der Waals surface area (Å²) in [5, 5.41) is 9.59. The first-order valence-corrected chi connectivity index (χ1v) is 5.93. The van der Waals surface area contributed by atoms with Crippen LogP contribution in [0.15, 0.2) is 12.1 Å². The number of phenols is 1. The van der Waals surface area contributed by atoms with Crippen molar-refractivity contribution in [2.24, 2.45) is 0 Å². The van der Waals surface area contributed by atoms with E-state index in [4.69, 9.17) is 0 Å². The molecule has 0 atom stereocenters. The summed E-state index contributed by atoms with van der Waals surface area (Å²) in [6.45, 7) is 1.79. The third-order valence-electron chi connectivity index (χ3n) is 1.65. The number of phenolic OH excluding ortho intramolecular Hbond substituents is 1. The molecular formula is C9H8I2O2. The van der Waals surface area contributed by atoms with Crippen LogP contribution in [0.1, 0.15) is 23.7 Å². The number of hydrogen-bond donors (Lipinski definition) is 1. The highest BCUT2D eigenvalue weighted by Crippen LogP contribution is 2.27. The lowest BCUT2D eigenvalue weighted by atomic mass is 10.1. The zero-order chi connectivity index (χ0) is 10.0. The zero-order valence-electron chi connectivity index (χ0n) is 6.97. The summed E-state index contributed by atoms with van der Waals surface area (Å²) < 4.78 is 1.69. The fourth-order valence-electron chi connectivity index (χ4n) is 0.969. The minimum Gasteiger partial charge on any atom is -0.506 e. The molecule has 70 valence electrons. The Balaban J connectivity index is 3.28. The van der Waals surface area contributed by atoms with Gasteiger partial charge in [0.05, 0.1) is 9.13 Å². The molecule has 0 saturated carbocycles. The van der Waals surface area contributed by atoms with Crippen LogP contribution < -0.4 is 0 Å². The number of carbonyl (C=O) groups is 1. The lowest BCUT2D eigenvalue weighted by Crippen LogP contribution is -1.98. The SMILES string of the molecule is CCC(=O)c1cc(I)cc(I)c1O. The van der Waals surface area contributed by atoms with Gasteiger partial charge in [-0.15, -0.1) is 0 Å². The van der Waals surface area contributed by atoms with Gasteiger partial charge in [0.15, 0.2) is 5.78 Å². The Labute approximate surface area is 104 Å². The van der Waals surface area contributed by atoms with Crippen molar-refractivity contribution in [1.82, 2.24) is 0 Å². The first kappa shape index (κ1) is 11.2. The molecule has 0 aliphatic rings. The van der Waals surface area contributed by atoms with Gasteiger partial charge in [0.1, 0.15) is 5.75 Å². The van der Waals surface area contributed by atoms with E-state index in [1.807, 2.05) is 28.7 Å². The lowest BCUT2D eigenvalue weighted by Gasteiger charge is -2.04. The Hall–Kier alpha value is 0.150. The molecule has 2 nitrogen and oxygen atoms in total. The van der Waals surface area contributed by atoms with E-state index in [1.165, 1.54) is 0 Å². The minimum absolute atomic E-state index is 0.0195. The van der Waals surface area contributed by atoms with Gasteiger partial charge in [-0.25, -0.2) is 0 Å². The smallest absolute Gasteiger partial charge is 0.166 e. The second-order valence-electron chi connectivity index (χ2n) is 2.56. The van der Waals surface area contributed by atoms with Crippen molar-refractivity contribution in [3.05, 3.63) is 24.8 Å². The lowest BCUT2D eigenvalue weighted by molar-refractivity contribution is 0.0985. The van der Waals surface area contributed by atoms with E-state index >= 15 is 0 Å². The normalized spacial score (nSPS) is 10.1. The van der Waals surface area contributed by atoms with Crippen LogP contribution in [0.3, 0.4) is 0 Å². The third-order valence-corrected chi connectivity index (χ3v) is 3.09. The predicted octanol–water partition coefficient (Wildman–Crippen LogP) is 3.19. The molecular weight excluding hydrogens is 394 g/mol. The number of hydrogen-bond acceptors (Lipinski definition) is 2. The van der Waals surface area contributed by atoms with Gasteiger partial charge in [0, 0.05) is 9.99 Å². The zero-order valence-corrected chi connectivity index (χ0v) is 11.3. The highest BCUT2D eigenvalue weighted by molar-refractivity contribution is 14.1.